The Balaban J connectivity index is 1.91. The standard InChI is InChI=1S/C22H21F3N4O7S/c1-15-3-5-17(6-4-15)20-13-21(22(23,24)25)26-28(20)18-7-9-19(10-8-18)37(33,34)27(16(2)30)14-35-11-12-36-29(31)32/h3-10,13H,11-12,14H2,1-2H3. The van der Waals surface area contributed by atoms with Crippen LogP contribution in [0.4, 0.5) is 13.2 Å². The van der Waals surface area contributed by atoms with Crippen molar-refractivity contribution in [3.8, 4) is 16.9 Å². The van der Waals surface area contributed by atoms with Gasteiger partial charge in [-0.3, -0.25) is 4.79 Å². The van der Waals surface area contributed by atoms with Gasteiger partial charge in [-0.1, -0.05) is 29.8 Å². The van der Waals surface area contributed by atoms with Gasteiger partial charge in [0.05, 0.1) is 22.9 Å². The second-order valence-corrected chi connectivity index (χ2v) is 9.51. The molecule has 0 aliphatic heterocycles. The molecular weight excluding hydrogens is 521 g/mol. The minimum absolute atomic E-state index is 0.138. The zero-order valence-electron chi connectivity index (χ0n) is 19.5. The van der Waals surface area contributed by atoms with Crippen molar-refractivity contribution < 1.29 is 41.0 Å². The Kier molecular flexibility index (Phi) is 8.18. The molecule has 0 atom stereocenters. The Morgan fingerprint density at radius 2 is 1.73 bits per heavy atom. The quantitative estimate of drug-likeness (QED) is 0.164. The van der Waals surface area contributed by atoms with Crippen LogP contribution < -0.4 is 0 Å². The third kappa shape index (κ3) is 6.62. The van der Waals surface area contributed by atoms with Crippen molar-refractivity contribution in [1.82, 2.24) is 14.1 Å². The van der Waals surface area contributed by atoms with Gasteiger partial charge in [-0.15, -0.1) is 10.1 Å². The smallest absolute Gasteiger partial charge is 0.358 e. The van der Waals surface area contributed by atoms with Crippen LogP contribution in [0.5, 0.6) is 0 Å². The van der Waals surface area contributed by atoms with Crippen LogP contribution in [0.25, 0.3) is 16.9 Å². The van der Waals surface area contributed by atoms with Crippen molar-refractivity contribution in [1.29, 1.82) is 0 Å². The largest absolute Gasteiger partial charge is 0.435 e. The topological polar surface area (TPSA) is 134 Å². The summed E-state index contributed by atoms with van der Waals surface area (Å²) in [6, 6.07) is 12.4. The molecule has 3 rings (SSSR count). The number of halogens is 3. The number of ether oxygens (including phenoxy) is 1. The fraction of sp³-hybridized carbons (Fsp3) is 0.273. The van der Waals surface area contributed by atoms with Crippen molar-refractivity contribution in [2.24, 2.45) is 0 Å². The van der Waals surface area contributed by atoms with E-state index >= 15 is 0 Å². The molecule has 2 aromatic carbocycles. The number of carbonyl (C=O) groups is 1. The molecule has 1 heterocycles. The lowest BCUT2D eigenvalue weighted by atomic mass is 10.1. The Morgan fingerprint density at radius 1 is 1.11 bits per heavy atom. The molecule has 0 spiro atoms. The number of rotatable bonds is 10. The van der Waals surface area contributed by atoms with Gasteiger partial charge in [0.25, 0.3) is 15.1 Å². The molecule has 0 aliphatic rings. The molecule has 11 nitrogen and oxygen atoms in total. The van der Waals surface area contributed by atoms with Crippen LogP contribution in [0.15, 0.2) is 59.5 Å². The molecule has 0 unspecified atom stereocenters. The molecule has 1 aromatic heterocycles. The van der Waals surface area contributed by atoms with E-state index in [0.717, 1.165) is 35.4 Å². The number of amides is 1. The van der Waals surface area contributed by atoms with Gasteiger partial charge >= 0.3 is 6.18 Å². The molecule has 198 valence electrons. The van der Waals surface area contributed by atoms with E-state index in [1.807, 2.05) is 6.92 Å². The third-order valence-corrected chi connectivity index (χ3v) is 6.81. The lowest BCUT2D eigenvalue weighted by molar-refractivity contribution is -0.758. The summed E-state index contributed by atoms with van der Waals surface area (Å²) in [5.74, 6) is -0.886. The van der Waals surface area contributed by atoms with E-state index in [1.54, 1.807) is 24.3 Å². The van der Waals surface area contributed by atoms with E-state index in [9.17, 15) is 36.5 Å². The van der Waals surface area contributed by atoms with E-state index in [1.165, 1.54) is 12.1 Å². The molecule has 0 saturated heterocycles. The van der Waals surface area contributed by atoms with E-state index in [0.29, 0.717) is 9.87 Å². The second kappa shape index (κ2) is 11.0. The maximum absolute atomic E-state index is 13.4. The molecular formula is C22H21F3N4O7S. The summed E-state index contributed by atoms with van der Waals surface area (Å²) in [7, 11) is -4.41. The van der Waals surface area contributed by atoms with E-state index < -0.39 is 46.2 Å². The van der Waals surface area contributed by atoms with E-state index in [4.69, 9.17) is 4.74 Å². The van der Waals surface area contributed by atoms with Gasteiger partial charge in [0.2, 0.25) is 5.91 Å². The van der Waals surface area contributed by atoms with Gasteiger partial charge in [-0.25, -0.2) is 17.4 Å². The molecule has 3 aromatic rings. The summed E-state index contributed by atoms with van der Waals surface area (Å²) in [5, 5.41) is 12.8. The normalized spacial score (nSPS) is 11.8. The van der Waals surface area contributed by atoms with Gasteiger partial charge in [0.15, 0.2) is 5.69 Å². The fourth-order valence-electron chi connectivity index (χ4n) is 3.18. The zero-order valence-corrected chi connectivity index (χ0v) is 20.3. The molecule has 0 aliphatic carbocycles. The molecule has 0 saturated carbocycles. The predicted molar refractivity (Wildman–Crippen MR) is 122 cm³/mol. The molecule has 0 fully saturated rings. The Bertz CT molecular complexity index is 1370. The van der Waals surface area contributed by atoms with Crippen LogP contribution in [0, 0.1) is 17.0 Å². The summed E-state index contributed by atoms with van der Waals surface area (Å²) < 4.78 is 72.6. The Labute approximate surface area is 209 Å². The second-order valence-electron chi connectivity index (χ2n) is 7.65. The summed E-state index contributed by atoms with van der Waals surface area (Å²) >= 11 is 0. The lowest BCUT2D eigenvalue weighted by Gasteiger charge is -2.21. The van der Waals surface area contributed by atoms with Crippen LogP contribution in [0.2, 0.25) is 0 Å². The number of carbonyl (C=O) groups excluding carboxylic acids is 1. The summed E-state index contributed by atoms with van der Waals surface area (Å²) in [5.41, 5.74) is 0.531. The minimum atomic E-state index is -4.71. The fourth-order valence-corrected chi connectivity index (χ4v) is 4.47. The van der Waals surface area contributed by atoms with Gasteiger partial charge in [0.1, 0.15) is 13.3 Å². The molecule has 37 heavy (non-hydrogen) atoms. The van der Waals surface area contributed by atoms with Crippen molar-refractivity contribution in [2.75, 3.05) is 19.9 Å². The van der Waals surface area contributed by atoms with Crippen molar-refractivity contribution in [3.63, 3.8) is 0 Å². The molecule has 1 amide bonds. The minimum Gasteiger partial charge on any atom is -0.358 e. The number of hydrogen-bond donors (Lipinski definition) is 0. The van der Waals surface area contributed by atoms with Gasteiger partial charge < -0.3 is 9.57 Å². The number of aryl methyl sites for hydroxylation is 1. The highest BCUT2D eigenvalue weighted by Gasteiger charge is 2.35. The number of benzene rings is 2. The van der Waals surface area contributed by atoms with Gasteiger partial charge in [-0.2, -0.15) is 18.3 Å². The molecule has 0 bridgehead atoms. The molecule has 15 heteroatoms. The SMILES string of the molecule is CC(=O)N(COCCO[N+](=O)[O-])S(=O)(=O)c1ccc(-n2nc(C(F)(F)F)cc2-c2ccc(C)cc2)cc1. The maximum Gasteiger partial charge on any atom is 0.435 e. The first-order valence-electron chi connectivity index (χ1n) is 10.5. The molecule has 0 N–H and O–H groups in total. The molecule has 0 radical (unpaired) electrons. The van der Waals surface area contributed by atoms with Gasteiger partial charge in [-0.05, 0) is 37.3 Å². The predicted octanol–water partition coefficient (Wildman–Crippen LogP) is 3.59. The Hall–Kier alpha value is -3.98. The number of aromatic nitrogens is 2. The van der Waals surface area contributed by atoms with Crippen LogP contribution in [0.3, 0.4) is 0 Å². The van der Waals surface area contributed by atoms with Crippen LogP contribution in [-0.2, 0) is 30.6 Å². The van der Waals surface area contributed by atoms with Gasteiger partial charge in [0, 0.05) is 12.5 Å². The highest BCUT2D eigenvalue weighted by molar-refractivity contribution is 7.89. The van der Waals surface area contributed by atoms with Crippen LogP contribution in [-0.4, -0.2) is 53.4 Å². The number of alkyl halides is 3. The van der Waals surface area contributed by atoms with Crippen molar-refractivity contribution in [3.05, 3.63) is 76.0 Å². The monoisotopic (exact) mass is 542 g/mol. The number of hydrogen-bond acceptors (Lipinski definition) is 8. The van der Waals surface area contributed by atoms with Crippen molar-refractivity contribution >= 4 is 15.9 Å². The average molecular weight is 542 g/mol. The highest BCUT2D eigenvalue weighted by Crippen LogP contribution is 2.33. The first-order valence-corrected chi connectivity index (χ1v) is 12.0. The van der Waals surface area contributed by atoms with E-state index in [-0.39, 0.29) is 22.9 Å². The third-order valence-electron chi connectivity index (χ3n) is 5.00. The first kappa shape index (κ1) is 27.6. The number of nitrogens with zero attached hydrogens (tertiary/aromatic N) is 4. The highest BCUT2D eigenvalue weighted by atomic mass is 32.2. The summed E-state index contributed by atoms with van der Waals surface area (Å²) in [4.78, 5) is 25.8. The maximum atomic E-state index is 13.4. The number of sulfonamides is 1. The zero-order chi connectivity index (χ0) is 27.4. The van der Waals surface area contributed by atoms with E-state index in [2.05, 4.69) is 9.94 Å². The van der Waals surface area contributed by atoms with Crippen LogP contribution >= 0.6 is 0 Å². The van der Waals surface area contributed by atoms with Crippen molar-refractivity contribution in [2.45, 2.75) is 24.9 Å². The first-order chi connectivity index (χ1) is 17.3. The summed E-state index contributed by atoms with van der Waals surface area (Å²) in [6.45, 7) is 1.25. The summed E-state index contributed by atoms with van der Waals surface area (Å²) in [6.07, 6.45) is -4.71. The van der Waals surface area contributed by atoms with Crippen LogP contribution in [0.1, 0.15) is 18.2 Å². The lowest BCUT2D eigenvalue weighted by Crippen LogP contribution is -2.37. The Morgan fingerprint density at radius 3 is 2.27 bits per heavy atom. The average Bonchev–Trinajstić information content (AvgIpc) is 3.27.